The minimum Gasteiger partial charge on any atom is -0.388 e. The summed E-state index contributed by atoms with van der Waals surface area (Å²) in [7, 11) is 0. The molecule has 0 aliphatic rings. The molecule has 1 rings (SSSR count). The Kier molecular flexibility index (Phi) is 3.49. The molecule has 0 saturated carbocycles. The Morgan fingerprint density at radius 2 is 1.54 bits per heavy atom. The highest BCUT2D eigenvalue weighted by Gasteiger charge is 2.18. The molecular weight excluding hydrogens is 160 g/mol. The van der Waals surface area contributed by atoms with E-state index in [1.807, 2.05) is 30.3 Å². The van der Waals surface area contributed by atoms with Crippen LogP contribution < -0.4 is 0 Å². The van der Waals surface area contributed by atoms with Gasteiger partial charge in [-0.2, -0.15) is 0 Å². The lowest BCUT2D eigenvalue weighted by Crippen LogP contribution is -2.14. The van der Waals surface area contributed by atoms with Crippen molar-refractivity contribution in [1.82, 2.24) is 0 Å². The topological polar surface area (TPSA) is 20.2 Å². The molecule has 1 aromatic carbocycles. The van der Waals surface area contributed by atoms with Crippen LogP contribution in [0, 0.1) is 11.8 Å². The van der Waals surface area contributed by atoms with Gasteiger partial charge in [-0.05, 0) is 17.4 Å². The highest BCUT2D eigenvalue weighted by molar-refractivity contribution is 5.17. The Labute approximate surface area is 80.4 Å². The van der Waals surface area contributed by atoms with Crippen LogP contribution in [-0.2, 0) is 0 Å². The second-order valence-electron chi connectivity index (χ2n) is 3.96. The van der Waals surface area contributed by atoms with Gasteiger partial charge in [0.2, 0.25) is 0 Å². The smallest absolute Gasteiger partial charge is 0.0818 e. The predicted molar refractivity (Wildman–Crippen MR) is 55.4 cm³/mol. The first-order valence-electron chi connectivity index (χ1n) is 4.86. The lowest BCUT2D eigenvalue weighted by molar-refractivity contribution is 0.0921. The molecule has 0 fully saturated rings. The Morgan fingerprint density at radius 3 is 2.00 bits per heavy atom. The minimum absolute atomic E-state index is 0.308. The fraction of sp³-hybridized carbons (Fsp3) is 0.500. The molecule has 0 bridgehead atoms. The van der Waals surface area contributed by atoms with Crippen molar-refractivity contribution < 1.29 is 5.11 Å². The SMILES string of the molecule is CC(C)[C@@H](C)C(O)c1ccccc1. The minimum atomic E-state index is -0.332. The van der Waals surface area contributed by atoms with E-state index in [-0.39, 0.29) is 6.10 Å². The number of benzene rings is 1. The number of aliphatic hydroxyl groups excluding tert-OH is 1. The van der Waals surface area contributed by atoms with Crippen molar-refractivity contribution in [1.29, 1.82) is 0 Å². The summed E-state index contributed by atoms with van der Waals surface area (Å²) in [6.45, 7) is 6.36. The standard InChI is InChI=1S/C12H18O/c1-9(2)10(3)12(13)11-7-5-4-6-8-11/h4-10,12-13H,1-3H3/t10-,12?/m1/s1. The second-order valence-corrected chi connectivity index (χ2v) is 3.96. The average molecular weight is 178 g/mol. The summed E-state index contributed by atoms with van der Waals surface area (Å²) in [5.41, 5.74) is 1.02. The van der Waals surface area contributed by atoms with Crippen LogP contribution in [0.4, 0.5) is 0 Å². The van der Waals surface area contributed by atoms with E-state index in [1.54, 1.807) is 0 Å². The fourth-order valence-electron chi connectivity index (χ4n) is 1.32. The first kappa shape index (κ1) is 10.3. The summed E-state index contributed by atoms with van der Waals surface area (Å²) in [5, 5.41) is 9.96. The number of aliphatic hydroxyl groups is 1. The molecule has 0 spiro atoms. The molecular formula is C12H18O. The molecule has 0 heterocycles. The summed E-state index contributed by atoms with van der Waals surface area (Å²) < 4.78 is 0. The third-order valence-electron chi connectivity index (χ3n) is 2.69. The quantitative estimate of drug-likeness (QED) is 0.754. The van der Waals surface area contributed by atoms with E-state index in [9.17, 15) is 5.11 Å². The normalized spacial score (nSPS) is 15.8. The van der Waals surface area contributed by atoms with Crippen LogP contribution in [0.3, 0.4) is 0 Å². The van der Waals surface area contributed by atoms with Crippen molar-refractivity contribution in [2.24, 2.45) is 11.8 Å². The molecule has 13 heavy (non-hydrogen) atoms. The molecule has 0 amide bonds. The second kappa shape index (κ2) is 4.43. The van der Waals surface area contributed by atoms with E-state index in [2.05, 4.69) is 20.8 Å². The highest BCUT2D eigenvalue weighted by atomic mass is 16.3. The molecule has 0 saturated heterocycles. The molecule has 0 radical (unpaired) electrons. The summed E-state index contributed by atoms with van der Waals surface area (Å²) in [6.07, 6.45) is -0.332. The lowest BCUT2D eigenvalue weighted by Gasteiger charge is -2.22. The predicted octanol–water partition coefficient (Wildman–Crippen LogP) is 3.01. The Morgan fingerprint density at radius 1 is 1.00 bits per heavy atom. The summed E-state index contributed by atoms with van der Waals surface area (Å²) >= 11 is 0. The monoisotopic (exact) mass is 178 g/mol. The Balaban J connectivity index is 2.73. The zero-order valence-electron chi connectivity index (χ0n) is 8.57. The highest BCUT2D eigenvalue weighted by Crippen LogP contribution is 2.26. The molecule has 2 atom stereocenters. The zero-order valence-corrected chi connectivity index (χ0v) is 8.57. The Bertz CT molecular complexity index is 241. The van der Waals surface area contributed by atoms with Crippen molar-refractivity contribution in [3.05, 3.63) is 35.9 Å². The number of hydrogen-bond donors (Lipinski definition) is 1. The number of hydrogen-bond acceptors (Lipinski definition) is 1. The van der Waals surface area contributed by atoms with Crippen LogP contribution in [0.5, 0.6) is 0 Å². The first-order chi connectivity index (χ1) is 6.13. The van der Waals surface area contributed by atoms with Crippen molar-refractivity contribution >= 4 is 0 Å². The van der Waals surface area contributed by atoms with Crippen molar-refractivity contribution in [2.45, 2.75) is 26.9 Å². The van der Waals surface area contributed by atoms with E-state index in [4.69, 9.17) is 0 Å². The largest absolute Gasteiger partial charge is 0.388 e. The van der Waals surface area contributed by atoms with Gasteiger partial charge in [0.25, 0.3) is 0 Å². The van der Waals surface area contributed by atoms with Gasteiger partial charge in [-0.15, -0.1) is 0 Å². The average Bonchev–Trinajstić information content (AvgIpc) is 2.17. The molecule has 1 heteroatoms. The summed E-state index contributed by atoms with van der Waals surface area (Å²) in [5.74, 6) is 0.817. The molecule has 1 nitrogen and oxygen atoms in total. The van der Waals surface area contributed by atoms with Crippen LogP contribution in [0.15, 0.2) is 30.3 Å². The summed E-state index contributed by atoms with van der Waals surface area (Å²) in [6, 6.07) is 9.85. The van der Waals surface area contributed by atoms with Crippen molar-refractivity contribution in [2.75, 3.05) is 0 Å². The van der Waals surface area contributed by atoms with Gasteiger partial charge >= 0.3 is 0 Å². The fourth-order valence-corrected chi connectivity index (χ4v) is 1.32. The van der Waals surface area contributed by atoms with E-state index in [0.29, 0.717) is 11.8 Å². The number of rotatable bonds is 3. The van der Waals surface area contributed by atoms with Gasteiger partial charge in [0.1, 0.15) is 0 Å². The van der Waals surface area contributed by atoms with Crippen LogP contribution in [0.2, 0.25) is 0 Å². The van der Waals surface area contributed by atoms with Crippen LogP contribution in [0.1, 0.15) is 32.4 Å². The molecule has 1 aromatic rings. The maximum atomic E-state index is 9.96. The molecule has 1 N–H and O–H groups in total. The molecule has 0 aliphatic heterocycles. The van der Waals surface area contributed by atoms with E-state index in [0.717, 1.165) is 5.56 Å². The van der Waals surface area contributed by atoms with Gasteiger partial charge in [0.05, 0.1) is 6.10 Å². The van der Waals surface area contributed by atoms with Crippen LogP contribution >= 0.6 is 0 Å². The van der Waals surface area contributed by atoms with Crippen molar-refractivity contribution in [3.8, 4) is 0 Å². The van der Waals surface area contributed by atoms with Gasteiger partial charge in [-0.3, -0.25) is 0 Å². The third-order valence-corrected chi connectivity index (χ3v) is 2.69. The van der Waals surface area contributed by atoms with E-state index in [1.165, 1.54) is 0 Å². The third kappa shape index (κ3) is 2.56. The molecule has 0 aromatic heterocycles. The molecule has 1 unspecified atom stereocenters. The Hall–Kier alpha value is -0.820. The molecule has 0 aliphatic carbocycles. The van der Waals surface area contributed by atoms with Gasteiger partial charge in [0, 0.05) is 0 Å². The van der Waals surface area contributed by atoms with Crippen LogP contribution in [-0.4, -0.2) is 5.11 Å². The van der Waals surface area contributed by atoms with Gasteiger partial charge in [-0.1, -0.05) is 51.1 Å². The van der Waals surface area contributed by atoms with Crippen molar-refractivity contribution in [3.63, 3.8) is 0 Å². The zero-order chi connectivity index (χ0) is 9.84. The van der Waals surface area contributed by atoms with Crippen LogP contribution in [0.25, 0.3) is 0 Å². The van der Waals surface area contributed by atoms with Gasteiger partial charge in [0.15, 0.2) is 0 Å². The van der Waals surface area contributed by atoms with E-state index >= 15 is 0 Å². The van der Waals surface area contributed by atoms with Gasteiger partial charge < -0.3 is 5.11 Å². The lowest BCUT2D eigenvalue weighted by atomic mass is 9.88. The maximum absolute atomic E-state index is 9.96. The summed E-state index contributed by atoms with van der Waals surface area (Å²) in [4.78, 5) is 0. The van der Waals surface area contributed by atoms with E-state index < -0.39 is 0 Å². The maximum Gasteiger partial charge on any atom is 0.0818 e. The molecule has 72 valence electrons. The van der Waals surface area contributed by atoms with Gasteiger partial charge in [-0.25, -0.2) is 0 Å². The first-order valence-corrected chi connectivity index (χ1v) is 4.86.